The first-order valence-corrected chi connectivity index (χ1v) is 8.76. The van der Waals surface area contributed by atoms with Gasteiger partial charge in [-0.3, -0.25) is 9.59 Å². The fraction of sp³-hybridized carbons (Fsp3) is 0.579. The Balaban J connectivity index is 1.68. The van der Waals surface area contributed by atoms with Crippen LogP contribution in [0.1, 0.15) is 43.0 Å². The molecule has 0 saturated carbocycles. The van der Waals surface area contributed by atoms with Gasteiger partial charge in [-0.25, -0.2) is 0 Å². The van der Waals surface area contributed by atoms with Crippen molar-refractivity contribution >= 4 is 11.7 Å². The zero-order chi connectivity index (χ0) is 17.4. The molecule has 0 aliphatic carbocycles. The lowest BCUT2D eigenvalue weighted by Gasteiger charge is -2.32. The standard InChI is InChI=1S/C19H28N2O3/c1-15(22)17-7-9-18(10-8-17)24-12-4-6-19(23)21-11-3-5-16(14-21)13-20-2/h7-10,16,20H,3-6,11-14H2,1-2H3. The van der Waals surface area contributed by atoms with Gasteiger partial charge in [-0.1, -0.05) is 0 Å². The van der Waals surface area contributed by atoms with Crippen molar-refractivity contribution in [2.45, 2.75) is 32.6 Å². The molecule has 1 unspecified atom stereocenters. The Morgan fingerprint density at radius 2 is 2.04 bits per heavy atom. The maximum absolute atomic E-state index is 12.3. The Bertz CT molecular complexity index is 540. The van der Waals surface area contributed by atoms with Crippen LogP contribution in [0.5, 0.6) is 5.75 Å². The van der Waals surface area contributed by atoms with Crippen LogP contribution in [0.4, 0.5) is 0 Å². The molecule has 1 aliphatic rings. The van der Waals surface area contributed by atoms with E-state index >= 15 is 0 Å². The molecular formula is C19H28N2O3. The molecule has 2 rings (SSSR count). The number of hydrogen-bond donors (Lipinski definition) is 1. The molecule has 0 aromatic heterocycles. The fourth-order valence-electron chi connectivity index (χ4n) is 3.10. The van der Waals surface area contributed by atoms with Crippen molar-refractivity contribution < 1.29 is 14.3 Å². The van der Waals surface area contributed by atoms with Crippen molar-refractivity contribution in [3.63, 3.8) is 0 Å². The second-order valence-electron chi connectivity index (χ2n) is 6.44. The molecular weight excluding hydrogens is 304 g/mol. The molecule has 132 valence electrons. The zero-order valence-electron chi connectivity index (χ0n) is 14.7. The molecule has 1 heterocycles. The van der Waals surface area contributed by atoms with E-state index in [-0.39, 0.29) is 11.7 Å². The van der Waals surface area contributed by atoms with Crippen LogP contribution in [0.25, 0.3) is 0 Å². The number of piperidine rings is 1. The van der Waals surface area contributed by atoms with E-state index in [2.05, 4.69) is 5.32 Å². The second kappa shape index (κ2) is 9.42. The Kier molecular flexibility index (Phi) is 7.25. The highest BCUT2D eigenvalue weighted by Gasteiger charge is 2.22. The Morgan fingerprint density at radius 3 is 2.71 bits per heavy atom. The summed E-state index contributed by atoms with van der Waals surface area (Å²) < 4.78 is 5.65. The van der Waals surface area contributed by atoms with Crippen molar-refractivity contribution in [1.29, 1.82) is 0 Å². The van der Waals surface area contributed by atoms with Crippen LogP contribution in [-0.2, 0) is 4.79 Å². The summed E-state index contributed by atoms with van der Waals surface area (Å²) in [5, 5.41) is 3.20. The molecule has 1 aliphatic heterocycles. The van der Waals surface area contributed by atoms with Gasteiger partial charge in [0.05, 0.1) is 6.61 Å². The predicted octanol–water partition coefficient (Wildman–Crippen LogP) is 2.51. The van der Waals surface area contributed by atoms with Crippen LogP contribution >= 0.6 is 0 Å². The van der Waals surface area contributed by atoms with Gasteiger partial charge in [0.25, 0.3) is 0 Å². The maximum atomic E-state index is 12.3. The van der Waals surface area contributed by atoms with E-state index in [4.69, 9.17) is 4.74 Å². The number of carbonyl (C=O) groups excluding carboxylic acids is 2. The number of ketones is 1. The van der Waals surface area contributed by atoms with Crippen molar-refractivity contribution in [1.82, 2.24) is 10.2 Å². The summed E-state index contributed by atoms with van der Waals surface area (Å²) in [4.78, 5) is 25.5. The number of amides is 1. The molecule has 0 bridgehead atoms. The molecule has 1 atom stereocenters. The summed E-state index contributed by atoms with van der Waals surface area (Å²) >= 11 is 0. The van der Waals surface area contributed by atoms with E-state index in [0.29, 0.717) is 30.9 Å². The average molecular weight is 332 g/mol. The number of carbonyl (C=O) groups is 2. The largest absolute Gasteiger partial charge is 0.494 e. The molecule has 1 aromatic rings. The van der Waals surface area contributed by atoms with Gasteiger partial charge in [0, 0.05) is 25.1 Å². The average Bonchev–Trinajstić information content (AvgIpc) is 2.59. The number of hydrogen-bond acceptors (Lipinski definition) is 4. The summed E-state index contributed by atoms with van der Waals surface area (Å²) in [7, 11) is 1.96. The third kappa shape index (κ3) is 5.64. The molecule has 1 N–H and O–H groups in total. The quantitative estimate of drug-likeness (QED) is 0.587. The Labute approximate surface area is 144 Å². The van der Waals surface area contributed by atoms with Crippen molar-refractivity contribution in [3.8, 4) is 5.75 Å². The van der Waals surface area contributed by atoms with Gasteiger partial charge in [-0.05, 0) is 70.0 Å². The minimum absolute atomic E-state index is 0.0465. The Hall–Kier alpha value is -1.88. The summed E-state index contributed by atoms with van der Waals surface area (Å²) in [6.45, 7) is 4.78. The molecule has 0 spiro atoms. The van der Waals surface area contributed by atoms with Gasteiger partial charge in [-0.15, -0.1) is 0 Å². The number of ether oxygens (including phenoxy) is 1. The summed E-state index contributed by atoms with van der Waals surface area (Å²) in [5.74, 6) is 1.58. The third-order valence-corrected chi connectivity index (χ3v) is 4.43. The molecule has 1 saturated heterocycles. The number of nitrogens with zero attached hydrogens (tertiary/aromatic N) is 1. The van der Waals surface area contributed by atoms with E-state index in [0.717, 1.165) is 31.8 Å². The van der Waals surface area contributed by atoms with Crippen molar-refractivity contribution in [2.24, 2.45) is 5.92 Å². The van der Waals surface area contributed by atoms with Crippen molar-refractivity contribution in [3.05, 3.63) is 29.8 Å². The van der Waals surface area contributed by atoms with E-state index in [1.165, 1.54) is 6.42 Å². The first-order valence-electron chi connectivity index (χ1n) is 8.76. The first kappa shape index (κ1) is 18.5. The van der Waals surface area contributed by atoms with Gasteiger partial charge in [-0.2, -0.15) is 0 Å². The summed E-state index contributed by atoms with van der Waals surface area (Å²) in [6.07, 6.45) is 3.53. The van der Waals surface area contributed by atoms with Crippen LogP contribution in [0.2, 0.25) is 0 Å². The van der Waals surface area contributed by atoms with E-state index < -0.39 is 0 Å². The first-order chi connectivity index (χ1) is 11.6. The third-order valence-electron chi connectivity index (χ3n) is 4.43. The monoisotopic (exact) mass is 332 g/mol. The predicted molar refractivity (Wildman–Crippen MR) is 94.4 cm³/mol. The van der Waals surface area contributed by atoms with Gasteiger partial charge < -0.3 is 15.0 Å². The minimum Gasteiger partial charge on any atom is -0.494 e. The zero-order valence-corrected chi connectivity index (χ0v) is 14.7. The Morgan fingerprint density at radius 1 is 1.29 bits per heavy atom. The highest BCUT2D eigenvalue weighted by molar-refractivity contribution is 5.94. The fourth-order valence-corrected chi connectivity index (χ4v) is 3.10. The number of likely N-dealkylation sites (tertiary alicyclic amines) is 1. The minimum atomic E-state index is 0.0465. The van der Waals surface area contributed by atoms with E-state index in [1.807, 2.05) is 11.9 Å². The van der Waals surface area contributed by atoms with Gasteiger partial charge >= 0.3 is 0 Å². The van der Waals surface area contributed by atoms with Gasteiger partial charge in [0.1, 0.15) is 5.75 Å². The van der Waals surface area contributed by atoms with Crippen LogP contribution in [0.3, 0.4) is 0 Å². The van der Waals surface area contributed by atoms with Crippen LogP contribution in [-0.4, -0.2) is 49.9 Å². The van der Waals surface area contributed by atoms with E-state index in [1.54, 1.807) is 31.2 Å². The molecule has 1 amide bonds. The normalized spacial score (nSPS) is 17.6. The second-order valence-corrected chi connectivity index (χ2v) is 6.44. The summed E-state index contributed by atoms with van der Waals surface area (Å²) in [6, 6.07) is 7.12. The van der Waals surface area contributed by atoms with Crippen LogP contribution < -0.4 is 10.1 Å². The number of Topliss-reactive ketones (excluding diaryl/α,β-unsaturated/α-hetero) is 1. The van der Waals surface area contributed by atoms with E-state index in [9.17, 15) is 9.59 Å². The molecule has 5 heteroatoms. The van der Waals surface area contributed by atoms with Crippen LogP contribution in [0.15, 0.2) is 24.3 Å². The lowest BCUT2D eigenvalue weighted by molar-refractivity contribution is -0.133. The molecule has 0 radical (unpaired) electrons. The molecule has 1 fully saturated rings. The molecule has 5 nitrogen and oxygen atoms in total. The lowest BCUT2D eigenvalue weighted by atomic mass is 9.97. The SMILES string of the molecule is CNCC1CCCN(C(=O)CCCOc2ccc(C(C)=O)cc2)C1. The number of rotatable bonds is 8. The number of benzene rings is 1. The van der Waals surface area contributed by atoms with Gasteiger partial charge in [0.2, 0.25) is 5.91 Å². The lowest BCUT2D eigenvalue weighted by Crippen LogP contribution is -2.42. The highest BCUT2D eigenvalue weighted by atomic mass is 16.5. The van der Waals surface area contributed by atoms with Crippen molar-refractivity contribution in [2.75, 3.05) is 33.3 Å². The number of nitrogens with one attached hydrogen (secondary N) is 1. The molecule has 24 heavy (non-hydrogen) atoms. The smallest absolute Gasteiger partial charge is 0.222 e. The summed E-state index contributed by atoms with van der Waals surface area (Å²) in [5.41, 5.74) is 0.679. The topological polar surface area (TPSA) is 58.6 Å². The maximum Gasteiger partial charge on any atom is 0.222 e. The van der Waals surface area contributed by atoms with Crippen LogP contribution in [0, 0.1) is 5.92 Å². The molecule has 1 aromatic carbocycles. The van der Waals surface area contributed by atoms with Gasteiger partial charge in [0.15, 0.2) is 5.78 Å². The highest BCUT2D eigenvalue weighted by Crippen LogP contribution is 2.17.